The Bertz CT molecular complexity index is 495. The Hall–Kier alpha value is -0.880. The van der Waals surface area contributed by atoms with Crippen molar-refractivity contribution in [3.8, 4) is 0 Å². The second kappa shape index (κ2) is 5.40. The van der Waals surface area contributed by atoms with E-state index in [1.54, 1.807) is 6.20 Å². The minimum absolute atomic E-state index is 0.119. The van der Waals surface area contributed by atoms with Gasteiger partial charge < -0.3 is 5.32 Å². The molecule has 18 heavy (non-hydrogen) atoms. The highest BCUT2D eigenvalue weighted by Crippen LogP contribution is 2.24. The van der Waals surface area contributed by atoms with Crippen LogP contribution in [0.5, 0.6) is 0 Å². The fourth-order valence-corrected chi connectivity index (χ4v) is 4.13. The molecular formula is C12H21N3O2S. The molecule has 2 unspecified atom stereocenters. The van der Waals surface area contributed by atoms with Gasteiger partial charge in [-0.15, -0.1) is 0 Å². The van der Waals surface area contributed by atoms with Crippen LogP contribution in [0.1, 0.15) is 25.0 Å². The van der Waals surface area contributed by atoms with Crippen LogP contribution >= 0.6 is 0 Å². The predicted octanol–water partition coefficient (Wildman–Crippen LogP) is 0.518. The standard InChI is InChI=1S/C12H21N3O2S/c1-15-10(7-9-14-15)6-8-13-11-4-3-5-12(11)18(2,16)17/h7,9,11-13H,3-6,8H2,1-2H3. The molecule has 0 amide bonds. The summed E-state index contributed by atoms with van der Waals surface area (Å²) >= 11 is 0. The Labute approximate surface area is 108 Å². The van der Waals surface area contributed by atoms with Crippen LogP contribution in [0.15, 0.2) is 12.3 Å². The average molecular weight is 271 g/mol. The average Bonchev–Trinajstić information content (AvgIpc) is 2.87. The summed E-state index contributed by atoms with van der Waals surface area (Å²) in [6.07, 6.45) is 6.76. The molecule has 5 nitrogen and oxygen atoms in total. The van der Waals surface area contributed by atoms with Crippen LogP contribution in [-0.2, 0) is 23.3 Å². The number of rotatable bonds is 5. The van der Waals surface area contributed by atoms with E-state index in [-0.39, 0.29) is 11.3 Å². The molecule has 1 aliphatic carbocycles. The molecule has 0 spiro atoms. The van der Waals surface area contributed by atoms with Gasteiger partial charge in [0.05, 0.1) is 5.25 Å². The van der Waals surface area contributed by atoms with Gasteiger partial charge in [0.2, 0.25) is 0 Å². The largest absolute Gasteiger partial charge is 0.312 e. The zero-order chi connectivity index (χ0) is 13.2. The fourth-order valence-electron chi connectivity index (χ4n) is 2.70. The van der Waals surface area contributed by atoms with Crippen molar-refractivity contribution >= 4 is 9.84 Å². The lowest BCUT2D eigenvalue weighted by Gasteiger charge is -2.19. The van der Waals surface area contributed by atoms with Crippen molar-refractivity contribution in [1.29, 1.82) is 0 Å². The first-order valence-corrected chi connectivity index (χ1v) is 8.33. The van der Waals surface area contributed by atoms with Gasteiger partial charge in [0.25, 0.3) is 0 Å². The maximum absolute atomic E-state index is 11.6. The van der Waals surface area contributed by atoms with E-state index in [1.807, 2.05) is 17.8 Å². The van der Waals surface area contributed by atoms with Gasteiger partial charge in [-0.2, -0.15) is 5.10 Å². The van der Waals surface area contributed by atoms with Gasteiger partial charge in [-0.05, 0) is 18.9 Å². The van der Waals surface area contributed by atoms with Crippen molar-refractivity contribution in [2.45, 2.75) is 37.0 Å². The molecule has 102 valence electrons. The van der Waals surface area contributed by atoms with Gasteiger partial charge in [-0.25, -0.2) is 8.42 Å². The van der Waals surface area contributed by atoms with Gasteiger partial charge in [-0.3, -0.25) is 4.68 Å². The van der Waals surface area contributed by atoms with Crippen LogP contribution in [0.25, 0.3) is 0 Å². The monoisotopic (exact) mass is 271 g/mol. The normalized spacial score (nSPS) is 24.6. The quantitative estimate of drug-likeness (QED) is 0.848. The van der Waals surface area contributed by atoms with Crippen molar-refractivity contribution in [3.63, 3.8) is 0 Å². The van der Waals surface area contributed by atoms with Crippen LogP contribution < -0.4 is 5.32 Å². The lowest BCUT2D eigenvalue weighted by atomic mass is 10.2. The molecule has 0 radical (unpaired) electrons. The minimum atomic E-state index is -2.92. The van der Waals surface area contributed by atoms with Crippen LogP contribution in [0.2, 0.25) is 0 Å². The fraction of sp³-hybridized carbons (Fsp3) is 0.750. The third kappa shape index (κ3) is 3.11. The van der Waals surface area contributed by atoms with E-state index in [2.05, 4.69) is 10.4 Å². The lowest BCUT2D eigenvalue weighted by Crippen LogP contribution is -2.40. The molecule has 2 rings (SSSR count). The van der Waals surface area contributed by atoms with Gasteiger partial charge >= 0.3 is 0 Å². The van der Waals surface area contributed by atoms with Crippen LogP contribution in [-0.4, -0.2) is 42.3 Å². The third-order valence-electron chi connectivity index (χ3n) is 3.71. The number of aryl methyl sites for hydroxylation is 1. The maximum atomic E-state index is 11.6. The topological polar surface area (TPSA) is 64.0 Å². The molecule has 0 aliphatic heterocycles. The van der Waals surface area contributed by atoms with Crippen LogP contribution in [0, 0.1) is 0 Å². The smallest absolute Gasteiger partial charge is 0.151 e. The molecule has 1 N–H and O–H groups in total. The third-order valence-corrected chi connectivity index (χ3v) is 5.38. The predicted molar refractivity (Wildman–Crippen MR) is 71.2 cm³/mol. The van der Waals surface area contributed by atoms with Gasteiger partial charge in [0.15, 0.2) is 9.84 Å². The second-order valence-electron chi connectivity index (χ2n) is 5.06. The Morgan fingerprint density at radius 2 is 2.28 bits per heavy atom. The molecule has 1 aliphatic rings. The summed E-state index contributed by atoms with van der Waals surface area (Å²) in [5.74, 6) is 0. The maximum Gasteiger partial charge on any atom is 0.151 e. The Morgan fingerprint density at radius 3 is 2.89 bits per heavy atom. The van der Waals surface area contributed by atoms with E-state index < -0.39 is 9.84 Å². The van der Waals surface area contributed by atoms with E-state index in [4.69, 9.17) is 0 Å². The van der Waals surface area contributed by atoms with Crippen molar-refractivity contribution in [3.05, 3.63) is 18.0 Å². The molecule has 1 heterocycles. The molecule has 1 fully saturated rings. The van der Waals surface area contributed by atoms with Crippen molar-refractivity contribution in [2.75, 3.05) is 12.8 Å². The lowest BCUT2D eigenvalue weighted by molar-refractivity contribution is 0.505. The van der Waals surface area contributed by atoms with E-state index >= 15 is 0 Å². The molecule has 2 atom stereocenters. The zero-order valence-corrected chi connectivity index (χ0v) is 11.8. The van der Waals surface area contributed by atoms with Crippen LogP contribution in [0.4, 0.5) is 0 Å². The number of aromatic nitrogens is 2. The zero-order valence-electron chi connectivity index (χ0n) is 11.0. The highest BCUT2D eigenvalue weighted by molar-refractivity contribution is 7.91. The number of hydrogen-bond acceptors (Lipinski definition) is 4. The summed E-state index contributed by atoms with van der Waals surface area (Å²) < 4.78 is 25.1. The summed E-state index contributed by atoms with van der Waals surface area (Å²) in [5, 5.41) is 7.29. The summed E-state index contributed by atoms with van der Waals surface area (Å²) in [5.41, 5.74) is 1.16. The van der Waals surface area contributed by atoms with E-state index in [1.165, 1.54) is 6.26 Å². The molecule has 1 saturated carbocycles. The number of nitrogens with zero attached hydrogens (tertiary/aromatic N) is 2. The van der Waals surface area contributed by atoms with Crippen molar-refractivity contribution in [1.82, 2.24) is 15.1 Å². The summed E-state index contributed by atoms with van der Waals surface area (Å²) in [6.45, 7) is 0.802. The second-order valence-corrected chi connectivity index (χ2v) is 7.32. The van der Waals surface area contributed by atoms with Gasteiger partial charge in [0.1, 0.15) is 0 Å². The number of nitrogens with one attached hydrogen (secondary N) is 1. The summed E-state index contributed by atoms with van der Waals surface area (Å²) in [7, 11) is -1.00. The van der Waals surface area contributed by atoms with E-state index in [0.717, 1.165) is 37.9 Å². The highest BCUT2D eigenvalue weighted by Gasteiger charge is 2.34. The van der Waals surface area contributed by atoms with Gasteiger partial charge in [-0.1, -0.05) is 6.42 Å². The van der Waals surface area contributed by atoms with E-state index in [0.29, 0.717) is 0 Å². The molecule has 1 aromatic rings. The first kappa shape index (κ1) is 13.5. The summed E-state index contributed by atoms with van der Waals surface area (Å²) in [4.78, 5) is 0. The molecular weight excluding hydrogens is 250 g/mol. The Morgan fingerprint density at radius 1 is 1.50 bits per heavy atom. The molecule has 1 aromatic heterocycles. The summed E-state index contributed by atoms with van der Waals surface area (Å²) in [6, 6.07) is 2.11. The Kier molecular flexibility index (Phi) is 4.07. The molecule has 0 saturated heterocycles. The van der Waals surface area contributed by atoms with Crippen molar-refractivity contribution < 1.29 is 8.42 Å². The molecule has 6 heteroatoms. The van der Waals surface area contributed by atoms with Crippen LogP contribution in [0.3, 0.4) is 0 Å². The molecule has 0 aromatic carbocycles. The first-order chi connectivity index (χ1) is 8.48. The first-order valence-electron chi connectivity index (χ1n) is 6.37. The minimum Gasteiger partial charge on any atom is -0.312 e. The van der Waals surface area contributed by atoms with Gasteiger partial charge in [0, 0.05) is 44.2 Å². The highest BCUT2D eigenvalue weighted by atomic mass is 32.2. The van der Waals surface area contributed by atoms with E-state index in [9.17, 15) is 8.42 Å². The number of hydrogen-bond donors (Lipinski definition) is 1. The number of sulfone groups is 1. The molecule has 0 bridgehead atoms. The van der Waals surface area contributed by atoms with Crippen molar-refractivity contribution in [2.24, 2.45) is 7.05 Å². The SMILES string of the molecule is Cn1nccc1CCNC1CCCC1S(C)(=O)=O. The Balaban J connectivity index is 1.85.